The van der Waals surface area contributed by atoms with Crippen LogP contribution in [-0.4, -0.2) is 39.6 Å². The minimum Gasteiger partial charge on any atom is -0.491 e. The Morgan fingerprint density at radius 1 is 0.895 bits per heavy atom. The van der Waals surface area contributed by atoms with Gasteiger partial charge in [-0.1, -0.05) is 26.0 Å². The molecule has 0 bridgehead atoms. The Morgan fingerprint density at radius 2 is 1.47 bits per heavy atom. The number of ether oxygens (including phenoxy) is 3. The highest BCUT2D eigenvalue weighted by atomic mass is 16.5. The van der Waals surface area contributed by atoms with E-state index in [9.17, 15) is 0 Å². The summed E-state index contributed by atoms with van der Waals surface area (Å²) in [5, 5.41) is 0. The molecule has 0 aliphatic heterocycles. The molecule has 1 aromatic carbocycles. The van der Waals surface area contributed by atoms with Gasteiger partial charge in [-0.25, -0.2) is 0 Å². The fraction of sp³-hybridized carbons (Fsp3) is 0.600. The second kappa shape index (κ2) is 9.78. The fourth-order valence-electron chi connectivity index (χ4n) is 1.57. The van der Waals surface area contributed by atoms with Crippen molar-refractivity contribution in [1.29, 1.82) is 0 Å². The van der Waals surface area contributed by atoms with E-state index in [0.717, 1.165) is 5.75 Å². The first kappa shape index (κ1) is 16.0. The maximum absolute atomic E-state index is 5.58. The lowest BCUT2D eigenvalue weighted by Crippen LogP contribution is -2.14. The normalized spacial score (nSPS) is 10.9. The van der Waals surface area contributed by atoms with Gasteiger partial charge in [0.15, 0.2) is 0 Å². The molecule has 0 heterocycles. The first-order valence-electron chi connectivity index (χ1n) is 6.82. The molecule has 0 atom stereocenters. The standard InChI is InChI=1S/C15H25NO3/c1-13(2)14-3-5-15(6-4-14)19-12-11-18-10-9-17-8-7-16/h3-6,13H,7-12,16H2,1-2H3. The summed E-state index contributed by atoms with van der Waals surface area (Å²) in [5.74, 6) is 1.43. The smallest absolute Gasteiger partial charge is 0.119 e. The molecule has 0 fully saturated rings. The first-order chi connectivity index (χ1) is 9.24. The molecule has 0 saturated carbocycles. The molecule has 0 aliphatic rings. The second-order valence-corrected chi connectivity index (χ2v) is 4.59. The highest BCUT2D eigenvalue weighted by Gasteiger charge is 1.99. The highest BCUT2D eigenvalue weighted by Crippen LogP contribution is 2.18. The van der Waals surface area contributed by atoms with E-state index in [2.05, 4.69) is 26.0 Å². The van der Waals surface area contributed by atoms with Gasteiger partial charge in [-0.3, -0.25) is 0 Å². The zero-order valence-electron chi connectivity index (χ0n) is 11.9. The topological polar surface area (TPSA) is 53.7 Å². The van der Waals surface area contributed by atoms with Crippen LogP contribution in [-0.2, 0) is 9.47 Å². The van der Waals surface area contributed by atoms with Crippen LogP contribution in [0.5, 0.6) is 5.75 Å². The predicted molar refractivity (Wildman–Crippen MR) is 76.7 cm³/mol. The number of rotatable bonds is 10. The maximum atomic E-state index is 5.58. The van der Waals surface area contributed by atoms with Crippen molar-refractivity contribution >= 4 is 0 Å². The van der Waals surface area contributed by atoms with Crippen LogP contribution >= 0.6 is 0 Å². The molecule has 0 aliphatic carbocycles. The quantitative estimate of drug-likeness (QED) is 0.660. The molecule has 0 amide bonds. The second-order valence-electron chi connectivity index (χ2n) is 4.59. The van der Waals surface area contributed by atoms with Crippen molar-refractivity contribution in [3.05, 3.63) is 29.8 Å². The van der Waals surface area contributed by atoms with Gasteiger partial charge in [-0.05, 0) is 23.6 Å². The van der Waals surface area contributed by atoms with Gasteiger partial charge < -0.3 is 19.9 Å². The molecule has 108 valence electrons. The monoisotopic (exact) mass is 267 g/mol. The van der Waals surface area contributed by atoms with Crippen LogP contribution in [0.15, 0.2) is 24.3 Å². The molecule has 0 spiro atoms. The molecule has 4 nitrogen and oxygen atoms in total. The Bertz CT molecular complexity index is 325. The van der Waals surface area contributed by atoms with Gasteiger partial charge in [0, 0.05) is 6.54 Å². The summed E-state index contributed by atoms with van der Waals surface area (Å²) >= 11 is 0. The van der Waals surface area contributed by atoms with Crippen LogP contribution in [0.3, 0.4) is 0 Å². The van der Waals surface area contributed by atoms with E-state index < -0.39 is 0 Å². The number of hydrogen-bond acceptors (Lipinski definition) is 4. The average Bonchev–Trinajstić information content (AvgIpc) is 2.42. The summed E-state index contributed by atoms with van der Waals surface area (Å²) < 4.78 is 16.1. The lowest BCUT2D eigenvalue weighted by Gasteiger charge is -2.09. The van der Waals surface area contributed by atoms with E-state index in [-0.39, 0.29) is 0 Å². The third-order valence-electron chi connectivity index (χ3n) is 2.68. The number of hydrogen-bond donors (Lipinski definition) is 1. The van der Waals surface area contributed by atoms with Crippen LogP contribution in [0.25, 0.3) is 0 Å². The van der Waals surface area contributed by atoms with Crippen LogP contribution < -0.4 is 10.5 Å². The summed E-state index contributed by atoms with van der Waals surface area (Å²) in [7, 11) is 0. The van der Waals surface area contributed by atoms with Crippen LogP contribution in [0.2, 0.25) is 0 Å². The lowest BCUT2D eigenvalue weighted by atomic mass is 10.0. The number of nitrogens with two attached hydrogens (primary N) is 1. The Balaban J connectivity index is 2.06. The van der Waals surface area contributed by atoms with Crippen molar-refractivity contribution in [3.63, 3.8) is 0 Å². The van der Waals surface area contributed by atoms with Gasteiger partial charge in [-0.15, -0.1) is 0 Å². The van der Waals surface area contributed by atoms with E-state index in [1.165, 1.54) is 5.56 Å². The predicted octanol–water partition coefficient (Wildman–Crippen LogP) is 2.18. The Labute approximate surface area is 115 Å². The van der Waals surface area contributed by atoms with E-state index in [1.807, 2.05) is 12.1 Å². The van der Waals surface area contributed by atoms with Gasteiger partial charge in [0.25, 0.3) is 0 Å². The van der Waals surface area contributed by atoms with Crippen LogP contribution in [0.1, 0.15) is 25.3 Å². The van der Waals surface area contributed by atoms with Gasteiger partial charge in [0.1, 0.15) is 12.4 Å². The van der Waals surface area contributed by atoms with Gasteiger partial charge in [0.2, 0.25) is 0 Å². The van der Waals surface area contributed by atoms with Crippen molar-refractivity contribution in [3.8, 4) is 5.75 Å². The molecule has 2 N–H and O–H groups in total. The molecular weight excluding hydrogens is 242 g/mol. The average molecular weight is 267 g/mol. The Morgan fingerprint density at radius 3 is 2.05 bits per heavy atom. The first-order valence-corrected chi connectivity index (χ1v) is 6.82. The lowest BCUT2D eigenvalue weighted by molar-refractivity contribution is 0.0388. The fourth-order valence-corrected chi connectivity index (χ4v) is 1.57. The minimum atomic E-state index is 0.547. The molecule has 1 rings (SSSR count). The minimum absolute atomic E-state index is 0.547. The molecular formula is C15H25NO3. The molecule has 0 radical (unpaired) electrons. The highest BCUT2D eigenvalue weighted by molar-refractivity contribution is 5.28. The van der Waals surface area contributed by atoms with E-state index >= 15 is 0 Å². The van der Waals surface area contributed by atoms with Crippen LogP contribution in [0, 0.1) is 0 Å². The molecule has 1 aromatic rings. The third-order valence-corrected chi connectivity index (χ3v) is 2.68. The largest absolute Gasteiger partial charge is 0.491 e. The van der Waals surface area contributed by atoms with Crippen molar-refractivity contribution in [2.45, 2.75) is 19.8 Å². The SMILES string of the molecule is CC(C)c1ccc(OCCOCCOCCN)cc1. The zero-order chi connectivity index (χ0) is 13.9. The summed E-state index contributed by atoms with van der Waals surface area (Å²) in [5.41, 5.74) is 6.62. The molecule has 4 heteroatoms. The molecule has 0 saturated heterocycles. The van der Waals surface area contributed by atoms with Crippen molar-refractivity contribution in [2.75, 3.05) is 39.6 Å². The molecule has 0 unspecified atom stereocenters. The van der Waals surface area contributed by atoms with E-state index in [1.54, 1.807) is 0 Å². The van der Waals surface area contributed by atoms with E-state index in [0.29, 0.717) is 45.5 Å². The Hall–Kier alpha value is -1.10. The summed E-state index contributed by atoms with van der Waals surface area (Å²) in [4.78, 5) is 0. The zero-order valence-corrected chi connectivity index (χ0v) is 11.9. The number of benzene rings is 1. The Kier molecular flexibility index (Phi) is 8.21. The summed E-state index contributed by atoms with van der Waals surface area (Å²) in [6.45, 7) is 7.77. The summed E-state index contributed by atoms with van der Waals surface area (Å²) in [6, 6.07) is 8.20. The van der Waals surface area contributed by atoms with E-state index in [4.69, 9.17) is 19.9 Å². The van der Waals surface area contributed by atoms with Crippen molar-refractivity contribution in [2.24, 2.45) is 5.73 Å². The summed E-state index contributed by atoms with van der Waals surface area (Å²) in [6.07, 6.45) is 0. The third kappa shape index (κ3) is 7.15. The van der Waals surface area contributed by atoms with Crippen LogP contribution in [0.4, 0.5) is 0 Å². The maximum Gasteiger partial charge on any atom is 0.119 e. The van der Waals surface area contributed by atoms with Gasteiger partial charge in [0.05, 0.1) is 26.4 Å². The van der Waals surface area contributed by atoms with Gasteiger partial charge in [-0.2, -0.15) is 0 Å². The molecule has 19 heavy (non-hydrogen) atoms. The van der Waals surface area contributed by atoms with Crippen molar-refractivity contribution < 1.29 is 14.2 Å². The van der Waals surface area contributed by atoms with Crippen molar-refractivity contribution in [1.82, 2.24) is 0 Å². The van der Waals surface area contributed by atoms with Gasteiger partial charge >= 0.3 is 0 Å². The molecule has 0 aromatic heterocycles.